The molecule has 2 aromatic rings. The summed E-state index contributed by atoms with van der Waals surface area (Å²) in [6, 6.07) is 2.71. The highest BCUT2D eigenvalue weighted by molar-refractivity contribution is 5.88. The molecule has 0 unspecified atom stereocenters. The van der Waals surface area contributed by atoms with E-state index < -0.39 is 23.7 Å². The van der Waals surface area contributed by atoms with Crippen molar-refractivity contribution in [2.24, 2.45) is 5.92 Å². The van der Waals surface area contributed by atoms with E-state index in [1.165, 1.54) is 0 Å². The summed E-state index contributed by atoms with van der Waals surface area (Å²) in [5, 5.41) is 3.51. The zero-order valence-electron chi connectivity index (χ0n) is 19.8. The highest BCUT2D eigenvalue weighted by atomic mass is 16.6. The second-order valence-corrected chi connectivity index (χ2v) is 9.87. The third-order valence-electron chi connectivity index (χ3n) is 5.48. The third kappa shape index (κ3) is 5.50. The van der Waals surface area contributed by atoms with Crippen molar-refractivity contribution in [3.05, 3.63) is 39.2 Å². The van der Waals surface area contributed by atoms with E-state index in [1.54, 1.807) is 33.8 Å². The number of alkyl carbamates (subject to hydrolysis) is 1. The first kappa shape index (κ1) is 23.8. The van der Waals surface area contributed by atoms with Crippen molar-refractivity contribution in [1.29, 1.82) is 0 Å². The van der Waals surface area contributed by atoms with Crippen LogP contribution in [0.3, 0.4) is 0 Å². The van der Waals surface area contributed by atoms with Gasteiger partial charge < -0.3 is 19.2 Å². The lowest BCUT2D eigenvalue weighted by Crippen LogP contribution is -2.45. The predicted molar refractivity (Wildman–Crippen MR) is 122 cm³/mol. The van der Waals surface area contributed by atoms with E-state index in [4.69, 9.17) is 13.9 Å². The lowest BCUT2D eigenvalue weighted by Gasteiger charge is -2.24. The van der Waals surface area contributed by atoms with Crippen LogP contribution in [0.1, 0.15) is 70.6 Å². The van der Waals surface area contributed by atoms with Crippen molar-refractivity contribution in [3.8, 4) is 5.75 Å². The summed E-state index contributed by atoms with van der Waals surface area (Å²) in [5.74, 6) is -0.141. The summed E-state index contributed by atoms with van der Waals surface area (Å²) < 4.78 is 16.6. The van der Waals surface area contributed by atoms with Gasteiger partial charge in [0.2, 0.25) is 0 Å². The molecule has 0 saturated carbocycles. The first-order valence-corrected chi connectivity index (χ1v) is 11.3. The maximum atomic E-state index is 13.0. The molecule has 0 saturated heterocycles. The number of carbonyl (C=O) groups is 2. The lowest BCUT2D eigenvalue weighted by atomic mass is 9.90. The van der Waals surface area contributed by atoms with Crippen LogP contribution in [0, 0.1) is 12.8 Å². The molecule has 0 radical (unpaired) electrons. The normalized spacial score (nSPS) is 14.7. The quantitative estimate of drug-likeness (QED) is 0.404. The number of nitrogens with one attached hydrogen (secondary N) is 1. The number of hydrogen-bond acceptors (Lipinski definition) is 6. The molecule has 0 aliphatic heterocycles. The molecule has 3 rings (SSSR count). The molecule has 0 spiro atoms. The molecule has 1 aliphatic carbocycles. The van der Waals surface area contributed by atoms with Gasteiger partial charge in [0.25, 0.3) is 0 Å². The number of carbonyl (C=O) groups excluding carboxylic acids is 2. The fourth-order valence-corrected chi connectivity index (χ4v) is 4.05. The number of ether oxygens (including phenoxy) is 2. The Morgan fingerprint density at radius 1 is 1.12 bits per heavy atom. The number of aryl methyl sites for hydroxylation is 2. The van der Waals surface area contributed by atoms with Gasteiger partial charge in [-0.15, -0.1) is 0 Å². The van der Waals surface area contributed by atoms with Gasteiger partial charge in [0.15, 0.2) is 0 Å². The van der Waals surface area contributed by atoms with Crippen LogP contribution >= 0.6 is 0 Å². The zero-order valence-corrected chi connectivity index (χ0v) is 19.8. The summed E-state index contributed by atoms with van der Waals surface area (Å²) in [7, 11) is 0. The molecule has 32 heavy (non-hydrogen) atoms. The van der Waals surface area contributed by atoms with Gasteiger partial charge >= 0.3 is 17.7 Å². The maximum absolute atomic E-state index is 13.0. The number of amides is 1. The minimum Gasteiger partial charge on any atom is -0.444 e. The van der Waals surface area contributed by atoms with E-state index in [1.807, 2.05) is 19.9 Å². The lowest BCUT2D eigenvalue weighted by molar-refractivity contribution is -0.137. The van der Waals surface area contributed by atoms with Crippen LogP contribution in [-0.2, 0) is 22.4 Å². The Bertz CT molecular complexity index is 1080. The number of hydrogen-bond donors (Lipinski definition) is 1. The highest BCUT2D eigenvalue weighted by Gasteiger charge is 2.28. The van der Waals surface area contributed by atoms with Crippen molar-refractivity contribution in [2.75, 3.05) is 0 Å². The van der Waals surface area contributed by atoms with E-state index in [0.717, 1.165) is 42.2 Å². The fourth-order valence-electron chi connectivity index (χ4n) is 4.05. The first-order valence-electron chi connectivity index (χ1n) is 11.3. The molecule has 1 heterocycles. The summed E-state index contributed by atoms with van der Waals surface area (Å²) in [4.78, 5) is 37.7. The minimum absolute atomic E-state index is 0.143. The average Bonchev–Trinajstić information content (AvgIpc) is 2.68. The Kier molecular flexibility index (Phi) is 6.96. The van der Waals surface area contributed by atoms with Gasteiger partial charge in [-0.25, -0.2) is 14.4 Å². The Morgan fingerprint density at radius 2 is 1.78 bits per heavy atom. The van der Waals surface area contributed by atoms with Crippen molar-refractivity contribution in [3.63, 3.8) is 0 Å². The topological polar surface area (TPSA) is 94.8 Å². The number of rotatable bonds is 5. The predicted octanol–water partition coefficient (Wildman–Crippen LogP) is 4.83. The molecule has 1 aliphatic rings. The van der Waals surface area contributed by atoms with Gasteiger partial charge in [-0.1, -0.05) is 13.8 Å². The van der Waals surface area contributed by atoms with Crippen LogP contribution in [0.5, 0.6) is 5.75 Å². The van der Waals surface area contributed by atoms with E-state index in [-0.39, 0.29) is 11.5 Å². The maximum Gasteiger partial charge on any atom is 0.408 e. The molecule has 1 N–H and O–H groups in total. The molecule has 7 heteroatoms. The van der Waals surface area contributed by atoms with Crippen molar-refractivity contribution in [1.82, 2.24) is 5.32 Å². The summed E-state index contributed by atoms with van der Waals surface area (Å²) in [6.45, 7) is 10.9. The Labute approximate surface area is 188 Å². The van der Waals surface area contributed by atoms with E-state index in [9.17, 15) is 14.4 Å². The van der Waals surface area contributed by atoms with Crippen LogP contribution in [0.25, 0.3) is 11.0 Å². The largest absolute Gasteiger partial charge is 0.444 e. The highest BCUT2D eigenvalue weighted by Crippen LogP contribution is 2.32. The molecule has 0 bridgehead atoms. The molecule has 1 aromatic heterocycles. The standard InChI is InChI=1S/C25H33NO6/c1-14(2)13-19(26-24(29)32-25(4,5)6)23(28)30-20-12-11-17-16-9-7-8-10-18(16)22(27)31-21(17)15(20)3/h11-12,14,19H,7-10,13H2,1-6H3,(H,26,29)/t19-/m1/s1. The Hall–Kier alpha value is -2.83. The second kappa shape index (κ2) is 9.35. The van der Waals surface area contributed by atoms with Gasteiger partial charge in [0.05, 0.1) is 0 Å². The monoisotopic (exact) mass is 443 g/mol. The molecule has 174 valence electrons. The van der Waals surface area contributed by atoms with Crippen LogP contribution < -0.4 is 15.7 Å². The van der Waals surface area contributed by atoms with Crippen molar-refractivity contribution in [2.45, 2.75) is 85.3 Å². The number of esters is 1. The minimum atomic E-state index is -0.865. The van der Waals surface area contributed by atoms with Gasteiger partial charge in [0.1, 0.15) is 23.0 Å². The molecule has 0 fully saturated rings. The number of fused-ring (bicyclic) bond motifs is 3. The smallest absolute Gasteiger partial charge is 0.408 e. The molecule has 1 aromatic carbocycles. The SMILES string of the molecule is Cc1c(OC(=O)[C@@H](CC(C)C)NC(=O)OC(C)(C)C)ccc2c3c(c(=O)oc12)CCCC3. The van der Waals surface area contributed by atoms with Gasteiger partial charge in [-0.3, -0.25) is 0 Å². The van der Waals surface area contributed by atoms with E-state index in [0.29, 0.717) is 23.3 Å². The van der Waals surface area contributed by atoms with Gasteiger partial charge in [-0.2, -0.15) is 0 Å². The molecular formula is C25H33NO6. The van der Waals surface area contributed by atoms with Crippen LogP contribution in [-0.4, -0.2) is 23.7 Å². The molecular weight excluding hydrogens is 410 g/mol. The molecule has 1 amide bonds. The molecule has 7 nitrogen and oxygen atoms in total. The van der Waals surface area contributed by atoms with Gasteiger partial charge in [0, 0.05) is 16.5 Å². The summed E-state index contributed by atoms with van der Waals surface area (Å²) in [6.07, 6.45) is 3.32. The van der Waals surface area contributed by atoms with E-state index in [2.05, 4.69) is 5.32 Å². The van der Waals surface area contributed by atoms with Crippen LogP contribution in [0.4, 0.5) is 4.79 Å². The van der Waals surface area contributed by atoms with Gasteiger partial charge in [-0.05, 0) is 83.4 Å². The average molecular weight is 444 g/mol. The van der Waals surface area contributed by atoms with E-state index >= 15 is 0 Å². The zero-order chi connectivity index (χ0) is 23.6. The summed E-state index contributed by atoms with van der Waals surface area (Å²) >= 11 is 0. The van der Waals surface area contributed by atoms with Crippen LogP contribution in [0.2, 0.25) is 0 Å². The fraction of sp³-hybridized carbons (Fsp3) is 0.560. The first-order chi connectivity index (χ1) is 15.0. The Morgan fingerprint density at radius 3 is 2.41 bits per heavy atom. The Balaban J connectivity index is 1.87. The molecule has 1 atom stereocenters. The third-order valence-corrected chi connectivity index (χ3v) is 5.48. The van der Waals surface area contributed by atoms with Crippen LogP contribution in [0.15, 0.2) is 21.3 Å². The van der Waals surface area contributed by atoms with Crippen molar-refractivity contribution >= 4 is 23.0 Å². The van der Waals surface area contributed by atoms with Crippen molar-refractivity contribution < 1.29 is 23.5 Å². The number of benzene rings is 1. The second-order valence-electron chi connectivity index (χ2n) is 9.87. The summed E-state index contributed by atoms with van der Waals surface area (Å²) in [5.41, 5.74) is 1.83.